The number of nitrogens with zero attached hydrogens (tertiary/aromatic N) is 3. The number of nitro benzene ring substituents is 1. The highest BCUT2D eigenvalue weighted by atomic mass is 32.2. The van der Waals surface area contributed by atoms with Gasteiger partial charge < -0.3 is 0 Å². The summed E-state index contributed by atoms with van der Waals surface area (Å²) in [6.45, 7) is 3.32. The summed E-state index contributed by atoms with van der Waals surface area (Å²) < 4.78 is 28.0. The van der Waals surface area contributed by atoms with E-state index in [1.807, 2.05) is 24.3 Å². The van der Waals surface area contributed by atoms with Crippen LogP contribution in [0.5, 0.6) is 0 Å². The standard InChI is InChI=1S/C17H17N3O4S2/c1-11-8-9-13(10-15(11)20(21)22)26(23,24)19(3)12(2)17-18-14-6-4-5-7-16(14)25-17/h4-10,12H,1-3H3/t12-/m1/s1. The normalized spacial score (nSPS) is 13.2. The molecule has 0 saturated heterocycles. The highest BCUT2D eigenvalue weighted by molar-refractivity contribution is 7.89. The lowest BCUT2D eigenvalue weighted by molar-refractivity contribution is -0.385. The Morgan fingerprint density at radius 2 is 1.92 bits per heavy atom. The number of aryl methyl sites for hydroxylation is 1. The summed E-state index contributed by atoms with van der Waals surface area (Å²) in [5.41, 5.74) is 1.01. The first-order chi connectivity index (χ1) is 12.2. The van der Waals surface area contributed by atoms with Crippen molar-refractivity contribution >= 4 is 37.3 Å². The van der Waals surface area contributed by atoms with E-state index in [2.05, 4.69) is 4.98 Å². The van der Waals surface area contributed by atoms with Gasteiger partial charge in [-0.1, -0.05) is 18.2 Å². The lowest BCUT2D eigenvalue weighted by Gasteiger charge is -2.22. The highest BCUT2D eigenvalue weighted by Crippen LogP contribution is 2.32. The molecule has 0 spiro atoms. The maximum Gasteiger partial charge on any atom is 0.273 e. The number of hydrogen-bond donors (Lipinski definition) is 0. The quantitative estimate of drug-likeness (QED) is 0.486. The topological polar surface area (TPSA) is 93.4 Å². The third kappa shape index (κ3) is 3.20. The van der Waals surface area contributed by atoms with E-state index in [4.69, 9.17) is 0 Å². The van der Waals surface area contributed by atoms with Gasteiger partial charge in [0.2, 0.25) is 10.0 Å². The third-order valence-corrected chi connectivity index (χ3v) is 7.40. The Morgan fingerprint density at radius 3 is 2.58 bits per heavy atom. The number of hydrogen-bond acceptors (Lipinski definition) is 6. The summed E-state index contributed by atoms with van der Waals surface area (Å²) in [4.78, 5) is 14.9. The lowest BCUT2D eigenvalue weighted by Crippen LogP contribution is -2.29. The summed E-state index contributed by atoms with van der Waals surface area (Å²) in [6.07, 6.45) is 0. The fourth-order valence-corrected chi connectivity index (χ4v) is 5.02. The average molecular weight is 391 g/mol. The lowest BCUT2D eigenvalue weighted by atomic mass is 10.2. The summed E-state index contributed by atoms with van der Waals surface area (Å²) in [5.74, 6) is 0. The minimum atomic E-state index is -3.90. The van der Waals surface area contributed by atoms with Gasteiger partial charge in [-0.3, -0.25) is 10.1 Å². The Hall–Kier alpha value is -2.36. The molecule has 1 atom stereocenters. The van der Waals surface area contributed by atoms with Gasteiger partial charge in [-0.2, -0.15) is 4.31 Å². The van der Waals surface area contributed by atoms with Gasteiger partial charge in [0.05, 0.1) is 26.1 Å². The largest absolute Gasteiger partial charge is 0.273 e. The molecular formula is C17H17N3O4S2. The number of fused-ring (bicyclic) bond motifs is 1. The number of benzene rings is 2. The van der Waals surface area contributed by atoms with E-state index in [1.54, 1.807) is 13.8 Å². The Balaban J connectivity index is 1.98. The maximum absolute atomic E-state index is 12.9. The van der Waals surface area contributed by atoms with Crippen molar-refractivity contribution in [2.24, 2.45) is 0 Å². The molecule has 7 nitrogen and oxygen atoms in total. The molecule has 2 aromatic carbocycles. The first-order valence-electron chi connectivity index (χ1n) is 7.80. The molecule has 0 aliphatic rings. The summed E-state index contributed by atoms with van der Waals surface area (Å²) in [7, 11) is -2.44. The molecule has 0 saturated carbocycles. The van der Waals surface area contributed by atoms with E-state index in [0.717, 1.165) is 16.3 Å². The van der Waals surface area contributed by atoms with Gasteiger partial charge in [0.15, 0.2) is 0 Å². The van der Waals surface area contributed by atoms with E-state index >= 15 is 0 Å². The molecule has 1 aromatic heterocycles. The van der Waals surface area contributed by atoms with Crippen molar-refractivity contribution in [3.05, 3.63) is 63.1 Å². The summed E-state index contributed by atoms with van der Waals surface area (Å²) in [5, 5.41) is 11.8. The number of para-hydroxylation sites is 1. The molecule has 9 heteroatoms. The minimum absolute atomic E-state index is 0.106. The van der Waals surface area contributed by atoms with Gasteiger partial charge in [-0.05, 0) is 32.0 Å². The number of nitro groups is 1. The second-order valence-corrected chi connectivity index (χ2v) is 8.98. The molecule has 0 aliphatic heterocycles. The van der Waals surface area contributed by atoms with Crippen LogP contribution in [0.15, 0.2) is 47.4 Å². The van der Waals surface area contributed by atoms with E-state index < -0.39 is 21.0 Å². The van der Waals surface area contributed by atoms with Crippen LogP contribution in [0.4, 0.5) is 5.69 Å². The zero-order valence-corrected chi connectivity index (χ0v) is 16.0. The Kier molecular flexibility index (Phi) is 4.78. The molecule has 1 heterocycles. The number of sulfonamides is 1. The van der Waals surface area contributed by atoms with Gasteiger partial charge in [0, 0.05) is 18.7 Å². The number of rotatable bonds is 5. The van der Waals surface area contributed by atoms with Gasteiger partial charge in [0.1, 0.15) is 5.01 Å². The first kappa shape index (κ1) is 18.4. The Bertz CT molecular complexity index is 1060. The zero-order valence-electron chi connectivity index (χ0n) is 14.4. The first-order valence-corrected chi connectivity index (χ1v) is 10.1. The fraction of sp³-hybridized carbons (Fsp3) is 0.235. The van der Waals surface area contributed by atoms with Crippen LogP contribution in [0, 0.1) is 17.0 Å². The van der Waals surface area contributed by atoms with Crippen LogP contribution in [0.25, 0.3) is 10.2 Å². The zero-order chi connectivity index (χ0) is 19.1. The maximum atomic E-state index is 12.9. The Morgan fingerprint density at radius 1 is 1.23 bits per heavy atom. The van der Waals surface area contributed by atoms with Crippen molar-refractivity contribution in [1.29, 1.82) is 0 Å². The van der Waals surface area contributed by atoms with E-state index in [1.165, 1.54) is 34.8 Å². The van der Waals surface area contributed by atoms with E-state index in [-0.39, 0.29) is 10.6 Å². The SMILES string of the molecule is Cc1ccc(S(=O)(=O)N(C)[C@H](C)c2nc3ccccc3s2)cc1[N+](=O)[O-]. The smallest absolute Gasteiger partial charge is 0.258 e. The molecule has 3 rings (SSSR count). The predicted octanol–water partition coefficient (Wildman–Crippen LogP) is 3.89. The van der Waals surface area contributed by atoms with Crippen LogP contribution < -0.4 is 0 Å². The molecule has 0 bridgehead atoms. The van der Waals surface area contributed by atoms with Crippen LogP contribution in [0.2, 0.25) is 0 Å². The van der Waals surface area contributed by atoms with Gasteiger partial charge >= 0.3 is 0 Å². The molecular weight excluding hydrogens is 374 g/mol. The second-order valence-electron chi connectivity index (χ2n) is 5.92. The molecule has 136 valence electrons. The van der Waals surface area contributed by atoms with E-state index in [9.17, 15) is 18.5 Å². The Labute approximate surface area is 155 Å². The molecule has 0 amide bonds. The second kappa shape index (κ2) is 6.75. The van der Waals surface area contributed by atoms with Crippen LogP contribution in [-0.2, 0) is 10.0 Å². The van der Waals surface area contributed by atoms with Crippen molar-refractivity contribution in [1.82, 2.24) is 9.29 Å². The van der Waals surface area contributed by atoms with Crippen LogP contribution in [0.1, 0.15) is 23.5 Å². The molecule has 26 heavy (non-hydrogen) atoms. The van der Waals surface area contributed by atoms with Crippen LogP contribution in [0.3, 0.4) is 0 Å². The van der Waals surface area contributed by atoms with Crippen molar-refractivity contribution in [2.45, 2.75) is 24.8 Å². The molecule has 0 radical (unpaired) electrons. The minimum Gasteiger partial charge on any atom is -0.258 e. The number of aromatic nitrogens is 1. The van der Waals surface area contributed by atoms with Crippen molar-refractivity contribution in [3.8, 4) is 0 Å². The predicted molar refractivity (Wildman–Crippen MR) is 101 cm³/mol. The average Bonchev–Trinajstić information content (AvgIpc) is 3.04. The fourth-order valence-electron chi connectivity index (χ4n) is 2.55. The van der Waals surface area contributed by atoms with Gasteiger partial charge in [0.25, 0.3) is 5.69 Å². The molecule has 3 aromatic rings. The van der Waals surface area contributed by atoms with Crippen molar-refractivity contribution in [2.75, 3.05) is 7.05 Å². The monoisotopic (exact) mass is 391 g/mol. The highest BCUT2D eigenvalue weighted by Gasteiger charge is 2.29. The van der Waals surface area contributed by atoms with E-state index in [0.29, 0.717) is 10.6 Å². The van der Waals surface area contributed by atoms with Crippen molar-refractivity contribution < 1.29 is 13.3 Å². The van der Waals surface area contributed by atoms with Gasteiger partial charge in [-0.15, -0.1) is 11.3 Å². The summed E-state index contributed by atoms with van der Waals surface area (Å²) in [6, 6.07) is 11.0. The number of thiazole rings is 1. The van der Waals surface area contributed by atoms with Crippen molar-refractivity contribution in [3.63, 3.8) is 0 Å². The van der Waals surface area contributed by atoms with Crippen LogP contribution in [-0.4, -0.2) is 29.7 Å². The molecule has 0 aliphatic carbocycles. The molecule has 0 N–H and O–H groups in total. The van der Waals surface area contributed by atoms with Gasteiger partial charge in [-0.25, -0.2) is 13.4 Å². The molecule has 0 fully saturated rings. The molecule has 0 unspecified atom stereocenters. The third-order valence-electron chi connectivity index (χ3n) is 4.27. The van der Waals surface area contributed by atoms with Crippen LogP contribution >= 0.6 is 11.3 Å². The summed E-state index contributed by atoms with van der Waals surface area (Å²) >= 11 is 1.43.